The fourth-order valence-corrected chi connectivity index (χ4v) is 1.54. The van der Waals surface area contributed by atoms with Crippen molar-refractivity contribution in [3.63, 3.8) is 0 Å². The van der Waals surface area contributed by atoms with Crippen LogP contribution in [0.25, 0.3) is 0 Å². The van der Waals surface area contributed by atoms with Crippen molar-refractivity contribution in [1.82, 2.24) is 0 Å². The fraction of sp³-hybridized carbons (Fsp3) is 0.545. The average Bonchev–Trinajstić information content (AvgIpc) is 2.89. The largest absolute Gasteiger partial charge is 0.374 e. The van der Waals surface area contributed by atoms with E-state index < -0.39 is 0 Å². The number of aryl methyl sites for hydroxylation is 1. The zero-order valence-electron chi connectivity index (χ0n) is 8.40. The van der Waals surface area contributed by atoms with Crippen LogP contribution < -0.4 is 9.47 Å². The summed E-state index contributed by atoms with van der Waals surface area (Å²) in [7, 11) is 4.22. The van der Waals surface area contributed by atoms with Gasteiger partial charge in [0.15, 0.2) is 12.4 Å². The van der Waals surface area contributed by atoms with Crippen LogP contribution in [-0.4, -0.2) is 13.6 Å². The maximum Gasteiger partial charge on any atom is 0.170 e. The Morgan fingerprint density at radius 2 is 2.00 bits per heavy atom. The molecular formula is C11H17N2+. The summed E-state index contributed by atoms with van der Waals surface area (Å²) in [5, 5.41) is 0. The van der Waals surface area contributed by atoms with Gasteiger partial charge in [-0.15, -0.1) is 0 Å². The van der Waals surface area contributed by atoms with Crippen molar-refractivity contribution in [1.29, 1.82) is 0 Å². The summed E-state index contributed by atoms with van der Waals surface area (Å²) in [4.78, 5) is 2.34. The number of nitrogens with zero attached hydrogens (tertiary/aromatic N) is 2. The molecular weight excluding hydrogens is 160 g/mol. The van der Waals surface area contributed by atoms with Crippen LogP contribution in [0.5, 0.6) is 0 Å². The van der Waals surface area contributed by atoms with E-state index in [1.165, 1.54) is 25.1 Å². The SMILES string of the molecule is CN(CC1CC1)c1cc[n+](C)cc1. The molecule has 1 aromatic rings. The Morgan fingerprint density at radius 3 is 2.54 bits per heavy atom. The van der Waals surface area contributed by atoms with E-state index in [4.69, 9.17) is 0 Å². The van der Waals surface area contributed by atoms with Crippen molar-refractivity contribution >= 4 is 5.69 Å². The molecule has 1 aliphatic rings. The van der Waals surface area contributed by atoms with Crippen molar-refractivity contribution < 1.29 is 4.57 Å². The molecule has 0 spiro atoms. The quantitative estimate of drug-likeness (QED) is 0.632. The van der Waals surface area contributed by atoms with Gasteiger partial charge in [0.2, 0.25) is 0 Å². The molecule has 0 aliphatic heterocycles. The summed E-state index contributed by atoms with van der Waals surface area (Å²) in [5.41, 5.74) is 1.32. The van der Waals surface area contributed by atoms with Crippen molar-refractivity contribution in [3.05, 3.63) is 24.5 Å². The lowest BCUT2D eigenvalue weighted by atomic mass is 10.3. The first kappa shape index (κ1) is 8.54. The van der Waals surface area contributed by atoms with Gasteiger partial charge in [-0.3, -0.25) is 0 Å². The minimum Gasteiger partial charge on any atom is -0.374 e. The Kier molecular flexibility index (Phi) is 2.21. The minimum absolute atomic E-state index is 0.957. The van der Waals surface area contributed by atoms with E-state index in [2.05, 4.69) is 41.0 Å². The van der Waals surface area contributed by atoms with Crippen LogP contribution in [0.4, 0.5) is 5.69 Å². The summed E-state index contributed by atoms with van der Waals surface area (Å²) in [6.45, 7) is 1.22. The van der Waals surface area contributed by atoms with Gasteiger partial charge >= 0.3 is 0 Å². The van der Waals surface area contributed by atoms with E-state index in [1.807, 2.05) is 7.05 Å². The molecule has 13 heavy (non-hydrogen) atoms. The van der Waals surface area contributed by atoms with Gasteiger partial charge in [0.25, 0.3) is 0 Å². The van der Waals surface area contributed by atoms with E-state index in [1.54, 1.807) is 0 Å². The smallest absolute Gasteiger partial charge is 0.170 e. The molecule has 0 unspecified atom stereocenters. The zero-order valence-corrected chi connectivity index (χ0v) is 8.40. The molecule has 2 rings (SSSR count). The van der Waals surface area contributed by atoms with Crippen LogP contribution in [0.1, 0.15) is 12.8 Å². The molecule has 1 saturated carbocycles. The lowest BCUT2D eigenvalue weighted by Crippen LogP contribution is -2.27. The minimum atomic E-state index is 0.957. The first-order valence-corrected chi connectivity index (χ1v) is 4.92. The molecule has 1 fully saturated rings. The van der Waals surface area contributed by atoms with Gasteiger partial charge in [0.1, 0.15) is 7.05 Å². The second-order valence-electron chi connectivity index (χ2n) is 4.05. The first-order chi connectivity index (χ1) is 6.25. The summed E-state index contributed by atoms with van der Waals surface area (Å²) < 4.78 is 2.06. The van der Waals surface area contributed by atoms with Gasteiger partial charge in [0, 0.05) is 31.4 Å². The van der Waals surface area contributed by atoms with Crippen LogP contribution in [-0.2, 0) is 7.05 Å². The molecule has 0 bridgehead atoms. The van der Waals surface area contributed by atoms with Crippen molar-refractivity contribution in [2.45, 2.75) is 12.8 Å². The first-order valence-electron chi connectivity index (χ1n) is 4.92. The molecule has 1 heterocycles. The topological polar surface area (TPSA) is 7.12 Å². The maximum absolute atomic E-state index is 2.34. The number of anilines is 1. The van der Waals surface area contributed by atoms with Crippen LogP contribution in [0.2, 0.25) is 0 Å². The third kappa shape index (κ3) is 2.20. The predicted octanol–water partition coefficient (Wildman–Crippen LogP) is 1.36. The molecule has 1 aliphatic carbocycles. The highest BCUT2D eigenvalue weighted by atomic mass is 15.1. The second kappa shape index (κ2) is 3.36. The molecule has 0 atom stereocenters. The van der Waals surface area contributed by atoms with Gasteiger partial charge in [0.05, 0.1) is 0 Å². The van der Waals surface area contributed by atoms with Crippen molar-refractivity contribution in [3.8, 4) is 0 Å². The molecule has 2 heteroatoms. The van der Waals surface area contributed by atoms with Crippen LogP contribution in [0, 0.1) is 5.92 Å². The highest BCUT2D eigenvalue weighted by molar-refractivity contribution is 5.42. The Bertz CT molecular complexity index is 275. The van der Waals surface area contributed by atoms with Gasteiger partial charge in [-0.05, 0) is 18.8 Å². The lowest BCUT2D eigenvalue weighted by Gasteiger charge is -2.17. The summed E-state index contributed by atoms with van der Waals surface area (Å²) in [6.07, 6.45) is 7.04. The van der Waals surface area contributed by atoms with Gasteiger partial charge in [-0.25, -0.2) is 4.57 Å². The molecule has 0 saturated heterocycles. The highest BCUT2D eigenvalue weighted by Crippen LogP contribution is 2.30. The Morgan fingerprint density at radius 1 is 1.38 bits per heavy atom. The van der Waals surface area contributed by atoms with E-state index >= 15 is 0 Å². The van der Waals surface area contributed by atoms with E-state index in [9.17, 15) is 0 Å². The average molecular weight is 177 g/mol. The second-order valence-corrected chi connectivity index (χ2v) is 4.05. The predicted molar refractivity (Wildman–Crippen MR) is 53.6 cm³/mol. The number of aromatic nitrogens is 1. The molecule has 70 valence electrons. The normalized spacial score (nSPS) is 15.8. The highest BCUT2D eigenvalue weighted by Gasteiger charge is 2.22. The molecule has 0 N–H and O–H groups in total. The van der Waals surface area contributed by atoms with Crippen molar-refractivity contribution in [2.24, 2.45) is 13.0 Å². The Labute approximate surface area is 79.8 Å². The summed E-state index contributed by atoms with van der Waals surface area (Å²) in [6, 6.07) is 4.34. The number of hydrogen-bond donors (Lipinski definition) is 0. The number of hydrogen-bond acceptors (Lipinski definition) is 1. The summed E-state index contributed by atoms with van der Waals surface area (Å²) >= 11 is 0. The maximum atomic E-state index is 2.34. The molecule has 0 aromatic carbocycles. The molecule has 0 amide bonds. The molecule has 0 radical (unpaired) electrons. The van der Waals surface area contributed by atoms with Crippen LogP contribution >= 0.6 is 0 Å². The summed E-state index contributed by atoms with van der Waals surface area (Å²) in [5.74, 6) is 0.957. The standard InChI is InChI=1S/C11H17N2/c1-12-7-5-11(6-8-12)13(2)9-10-3-4-10/h5-8,10H,3-4,9H2,1-2H3/q+1. The van der Waals surface area contributed by atoms with Gasteiger partial charge < -0.3 is 4.90 Å². The Balaban J connectivity index is 2.01. The van der Waals surface area contributed by atoms with E-state index in [0.717, 1.165) is 5.92 Å². The third-order valence-corrected chi connectivity index (χ3v) is 2.63. The third-order valence-electron chi connectivity index (χ3n) is 2.63. The van der Waals surface area contributed by atoms with E-state index in [-0.39, 0.29) is 0 Å². The number of rotatable bonds is 3. The number of pyridine rings is 1. The lowest BCUT2D eigenvalue weighted by molar-refractivity contribution is -0.671. The van der Waals surface area contributed by atoms with Crippen LogP contribution in [0.15, 0.2) is 24.5 Å². The fourth-order valence-electron chi connectivity index (χ4n) is 1.54. The van der Waals surface area contributed by atoms with Crippen molar-refractivity contribution in [2.75, 3.05) is 18.5 Å². The van der Waals surface area contributed by atoms with Gasteiger partial charge in [-0.2, -0.15) is 0 Å². The van der Waals surface area contributed by atoms with Crippen LogP contribution in [0.3, 0.4) is 0 Å². The van der Waals surface area contributed by atoms with E-state index in [0.29, 0.717) is 0 Å². The molecule has 1 aromatic heterocycles. The van der Waals surface area contributed by atoms with Gasteiger partial charge in [-0.1, -0.05) is 0 Å². The molecule has 2 nitrogen and oxygen atoms in total. The zero-order chi connectivity index (χ0) is 9.26. The Hall–Kier alpha value is -1.05. The monoisotopic (exact) mass is 177 g/mol.